The first-order valence-corrected chi connectivity index (χ1v) is 14.4. The third kappa shape index (κ3) is 6.47. The van der Waals surface area contributed by atoms with Crippen LogP contribution in [0.2, 0.25) is 0 Å². The lowest BCUT2D eigenvalue weighted by Gasteiger charge is -2.35. The molecule has 0 bridgehead atoms. The standard InChI is InChI=1S/C27H38FN6O4P/c1-15(2)24(35)31-23(17-4-8-27(28,39)9-5-17)20-14-34-26(30-20)32-22(18-6-10-37-11-7-18)19(33-34)12-21-25(36)29-13-16(3)38-21/h14,16-18,21,23H,1,4-13,39H2,2-3H3,(H,29,36)(H,31,35). The fraction of sp³-hybridized carbons (Fsp3) is 0.667. The van der Waals surface area contributed by atoms with Crippen LogP contribution in [0.25, 0.3) is 5.78 Å². The number of morpholine rings is 1. The summed E-state index contributed by atoms with van der Waals surface area (Å²) in [5.41, 5.74) is 2.52. The topological polar surface area (TPSA) is 120 Å². The van der Waals surface area contributed by atoms with E-state index in [-0.39, 0.29) is 29.8 Å². The Kier molecular flexibility index (Phi) is 8.31. The molecule has 0 spiro atoms. The molecule has 2 amide bonds. The van der Waals surface area contributed by atoms with E-state index in [0.717, 1.165) is 18.5 Å². The highest BCUT2D eigenvalue weighted by Gasteiger charge is 2.37. The largest absolute Gasteiger partial charge is 0.381 e. The Balaban J connectivity index is 1.51. The van der Waals surface area contributed by atoms with Gasteiger partial charge in [-0.3, -0.25) is 9.59 Å². The second kappa shape index (κ2) is 11.6. The molecule has 2 aromatic heterocycles. The quantitative estimate of drug-likeness (QED) is 0.395. The molecule has 2 N–H and O–H groups in total. The summed E-state index contributed by atoms with van der Waals surface area (Å²) in [6.45, 7) is 9.11. The average Bonchev–Trinajstić information content (AvgIpc) is 3.32. The lowest BCUT2D eigenvalue weighted by molar-refractivity contribution is -0.143. The molecule has 12 heteroatoms. The Hall–Kier alpha value is -2.49. The molecule has 10 nitrogen and oxygen atoms in total. The van der Waals surface area contributed by atoms with Gasteiger partial charge in [0.05, 0.1) is 35.4 Å². The number of imidazole rings is 1. The first-order valence-electron chi connectivity index (χ1n) is 13.8. The number of carbonyl (C=O) groups is 2. The number of hydrogen-bond acceptors (Lipinski definition) is 7. The normalized spacial score (nSPS) is 29.1. The van der Waals surface area contributed by atoms with Gasteiger partial charge in [-0.15, -0.1) is 0 Å². The molecule has 2 aromatic rings. The van der Waals surface area contributed by atoms with Gasteiger partial charge in [-0.05, 0) is 58.3 Å². The van der Waals surface area contributed by atoms with Crippen LogP contribution < -0.4 is 10.6 Å². The van der Waals surface area contributed by atoms with Crippen molar-refractivity contribution in [1.29, 1.82) is 0 Å². The number of nitrogens with zero attached hydrogens (tertiary/aromatic N) is 4. The lowest BCUT2D eigenvalue weighted by Crippen LogP contribution is -2.49. The van der Waals surface area contributed by atoms with Crippen LogP contribution in [0, 0.1) is 5.92 Å². The molecular weight excluding hydrogens is 522 g/mol. The van der Waals surface area contributed by atoms with Gasteiger partial charge >= 0.3 is 0 Å². The molecule has 2 saturated heterocycles. The lowest BCUT2D eigenvalue weighted by atomic mass is 9.81. The van der Waals surface area contributed by atoms with Crippen LogP contribution in [0.1, 0.15) is 81.4 Å². The number of halogens is 1. The van der Waals surface area contributed by atoms with Crippen molar-refractivity contribution in [2.45, 2.75) is 88.4 Å². The molecule has 2 aliphatic heterocycles. The third-order valence-corrected chi connectivity index (χ3v) is 8.58. The Labute approximate surface area is 230 Å². The van der Waals surface area contributed by atoms with Crippen LogP contribution in [-0.4, -0.2) is 68.8 Å². The smallest absolute Gasteiger partial charge is 0.251 e. The summed E-state index contributed by atoms with van der Waals surface area (Å²) in [7, 11) is 2.32. The number of amides is 2. The molecule has 0 radical (unpaired) electrons. The van der Waals surface area contributed by atoms with Crippen molar-refractivity contribution in [3.63, 3.8) is 0 Å². The van der Waals surface area contributed by atoms with Gasteiger partial charge in [-0.1, -0.05) is 15.8 Å². The van der Waals surface area contributed by atoms with Crippen LogP contribution >= 0.6 is 9.24 Å². The van der Waals surface area contributed by atoms with Crippen LogP contribution in [-0.2, 0) is 25.5 Å². The van der Waals surface area contributed by atoms with E-state index >= 15 is 0 Å². The van der Waals surface area contributed by atoms with Gasteiger partial charge in [0, 0.05) is 37.7 Å². The highest BCUT2D eigenvalue weighted by Crippen LogP contribution is 2.44. The predicted molar refractivity (Wildman–Crippen MR) is 146 cm³/mol. The van der Waals surface area contributed by atoms with Crippen molar-refractivity contribution in [2.75, 3.05) is 19.8 Å². The number of aromatic nitrogens is 4. The third-order valence-electron chi connectivity index (χ3n) is 8.00. The molecule has 1 aliphatic carbocycles. The SMILES string of the molecule is C=C(C)C(=O)NC(c1cn2nc(CC3OC(C)CNC3=O)c(C3CCOCC3)nc2n1)C1CCC(F)(P)CC1. The van der Waals surface area contributed by atoms with Crippen LogP contribution in [0.3, 0.4) is 0 Å². The number of rotatable bonds is 7. The second-order valence-electron chi connectivity index (χ2n) is 11.2. The van der Waals surface area contributed by atoms with Crippen molar-refractivity contribution in [3.05, 3.63) is 35.4 Å². The van der Waals surface area contributed by atoms with Crippen molar-refractivity contribution < 1.29 is 23.5 Å². The van der Waals surface area contributed by atoms with Crippen molar-refractivity contribution in [1.82, 2.24) is 30.2 Å². The molecule has 3 fully saturated rings. The van der Waals surface area contributed by atoms with E-state index in [1.165, 1.54) is 0 Å². The number of carbonyl (C=O) groups excluding carboxylic acids is 2. The summed E-state index contributed by atoms with van der Waals surface area (Å²) in [5, 5.41) is 9.58. The maximum absolute atomic E-state index is 14.6. The Morgan fingerprint density at radius 3 is 2.72 bits per heavy atom. The van der Waals surface area contributed by atoms with E-state index in [4.69, 9.17) is 24.5 Å². The predicted octanol–water partition coefficient (Wildman–Crippen LogP) is 2.93. The van der Waals surface area contributed by atoms with Gasteiger partial charge in [0.25, 0.3) is 5.78 Å². The maximum Gasteiger partial charge on any atom is 0.251 e. The summed E-state index contributed by atoms with van der Waals surface area (Å²) in [4.78, 5) is 35.0. The zero-order valence-electron chi connectivity index (χ0n) is 22.6. The summed E-state index contributed by atoms with van der Waals surface area (Å²) in [6.07, 6.45) is 4.96. The highest BCUT2D eigenvalue weighted by molar-refractivity contribution is 7.18. The number of hydrogen-bond donors (Lipinski definition) is 2. The number of alkyl halides is 1. The highest BCUT2D eigenvalue weighted by atomic mass is 31.0. The van der Waals surface area contributed by atoms with E-state index in [0.29, 0.717) is 74.6 Å². The first-order chi connectivity index (χ1) is 18.6. The van der Waals surface area contributed by atoms with Gasteiger partial charge in [-0.25, -0.2) is 18.9 Å². The molecule has 212 valence electrons. The van der Waals surface area contributed by atoms with E-state index in [1.54, 1.807) is 17.6 Å². The molecule has 4 unspecified atom stereocenters. The molecule has 39 heavy (non-hydrogen) atoms. The van der Waals surface area contributed by atoms with Gasteiger partial charge < -0.3 is 20.1 Å². The van der Waals surface area contributed by atoms with Gasteiger partial charge in [0.15, 0.2) is 0 Å². The van der Waals surface area contributed by atoms with Gasteiger partial charge in [0.2, 0.25) is 11.8 Å². The Bertz CT molecular complexity index is 1240. The van der Waals surface area contributed by atoms with E-state index in [9.17, 15) is 14.0 Å². The van der Waals surface area contributed by atoms with Crippen LogP contribution in [0.15, 0.2) is 18.3 Å². The summed E-state index contributed by atoms with van der Waals surface area (Å²) < 4.78 is 27.7. The fourth-order valence-corrected chi connectivity index (χ4v) is 6.02. The van der Waals surface area contributed by atoms with Crippen molar-refractivity contribution >= 4 is 26.8 Å². The summed E-state index contributed by atoms with van der Waals surface area (Å²) in [6, 6.07) is -0.429. The monoisotopic (exact) mass is 560 g/mol. The van der Waals surface area contributed by atoms with Gasteiger partial charge in [0.1, 0.15) is 11.5 Å². The fourth-order valence-electron chi connectivity index (χ4n) is 5.69. The number of nitrogens with one attached hydrogen (secondary N) is 2. The second-order valence-corrected chi connectivity index (χ2v) is 12.3. The first kappa shape index (κ1) is 28.1. The summed E-state index contributed by atoms with van der Waals surface area (Å²) in [5.74, 6) is 0.149. The summed E-state index contributed by atoms with van der Waals surface area (Å²) >= 11 is 0. The van der Waals surface area contributed by atoms with E-state index in [1.807, 2.05) is 6.92 Å². The molecule has 5 rings (SSSR count). The van der Waals surface area contributed by atoms with Crippen molar-refractivity contribution in [3.8, 4) is 0 Å². The molecule has 4 atom stereocenters. The van der Waals surface area contributed by atoms with E-state index in [2.05, 4.69) is 26.5 Å². The number of ether oxygens (including phenoxy) is 2. The molecular formula is C27H38FN6O4P. The van der Waals surface area contributed by atoms with Crippen molar-refractivity contribution in [2.24, 2.45) is 5.92 Å². The number of fused-ring (bicyclic) bond motifs is 1. The molecule has 4 heterocycles. The van der Waals surface area contributed by atoms with Crippen LogP contribution in [0.5, 0.6) is 0 Å². The molecule has 1 saturated carbocycles. The maximum atomic E-state index is 14.6. The van der Waals surface area contributed by atoms with Crippen LogP contribution in [0.4, 0.5) is 4.39 Å². The molecule has 0 aromatic carbocycles. The Morgan fingerprint density at radius 1 is 1.31 bits per heavy atom. The minimum absolute atomic E-state index is 0.0119. The zero-order chi connectivity index (χ0) is 27.7. The minimum Gasteiger partial charge on any atom is -0.381 e. The van der Waals surface area contributed by atoms with Gasteiger partial charge in [-0.2, -0.15) is 5.10 Å². The Morgan fingerprint density at radius 2 is 2.03 bits per heavy atom. The van der Waals surface area contributed by atoms with E-state index < -0.39 is 17.6 Å². The zero-order valence-corrected chi connectivity index (χ0v) is 23.8. The molecule has 3 aliphatic rings. The minimum atomic E-state index is -1.28. The average molecular weight is 561 g/mol.